The highest BCUT2D eigenvalue weighted by Gasteiger charge is 2.25. The SMILES string of the molecule is CCC(C)N1CCNCC(C(=O)O)C1. The summed E-state index contributed by atoms with van der Waals surface area (Å²) < 4.78 is 0. The first-order valence-corrected chi connectivity index (χ1v) is 5.32. The first-order chi connectivity index (χ1) is 6.65. The van der Waals surface area contributed by atoms with Crippen LogP contribution in [-0.4, -0.2) is 48.2 Å². The van der Waals surface area contributed by atoms with E-state index in [2.05, 4.69) is 24.1 Å². The Morgan fingerprint density at radius 3 is 3.00 bits per heavy atom. The van der Waals surface area contributed by atoms with E-state index in [9.17, 15) is 4.79 Å². The number of nitrogens with zero attached hydrogens (tertiary/aromatic N) is 1. The van der Waals surface area contributed by atoms with Crippen LogP contribution < -0.4 is 5.32 Å². The van der Waals surface area contributed by atoms with Gasteiger partial charge in [-0.3, -0.25) is 9.69 Å². The molecule has 0 bridgehead atoms. The molecular formula is C10H20N2O2. The largest absolute Gasteiger partial charge is 0.481 e. The first kappa shape index (κ1) is 11.5. The van der Waals surface area contributed by atoms with Crippen LogP contribution in [0, 0.1) is 5.92 Å². The lowest BCUT2D eigenvalue weighted by Gasteiger charge is -2.27. The van der Waals surface area contributed by atoms with Crippen LogP contribution in [0.5, 0.6) is 0 Å². The van der Waals surface area contributed by atoms with E-state index < -0.39 is 5.97 Å². The maximum atomic E-state index is 10.9. The monoisotopic (exact) mass is 200 g/mol. The molecule has 82 valence electrons. The lowest BCUT2D eigenvalue weighted by molar-refractivity contribution is -0.142. The van der Waals surface area contributed by atoms with Crippen molar-refractivity contribution in [3.8, 4) is 0 Å². The van der Waals surface area contributed by atoms with Crippen LogP contribution in [0.25, 0.3) is 0 Å². The molecule has 0 saturated carbocycles. The van der Waals surface area contributed by atoms with Gasteiger partial charge in [0, 0.05) is 32.2 Å². The number of hydrogen-bond acceptors (Lipinski definition) is 3. The Balaban J connectivity index is 2.55. The van der Waals surface area contributed by atoms with Crippen LogP contribution in [0.1, 0.15) is 20.3 Å². The van der Waals surface area contributed by atoms with Gasteiger partial charge in [0.1, 0.15) is 0 Å². The summed E-state index contributed by atoms with van der Waals surface area (Å²) in [6.07, 6.45) is 1.08. The molecule has 1 aliphatic rings. The summed E-state index contributed by atoms with van der Waals surface area (Å²) in [6.45, 7) is 7.43. The highest BCUT2D eigenvalue weighted by atomic mass is 16.4. The second kappa shape index (κ2) is 5.32. The molecule has 0 spiro atoms. The highest BCUT2D eigenvalue weighted by Crippen LogP contribution is 2.09. The molecule has 2 N–H and O–H groups in total. The Kier molecular flexibility index (Phi) is 4.35. The normalized spacial score (nSPS) is 26.9. The van der Waals surface area contributed by atoms with Gasteiger partial charge in [0.05, 0.1) is 5.92 Å². The summed E-state index contributed by atoms with van der Waals surface area (Å²) in [5, 5.41) is 12.1. The minimum atomic E-state index is -0.687. The summed E-state index contributed by atoms with van der Waals surface area (Å²) in [4.78, 5) is 13.2. The van der Waals surface area contributed by atoms with E-state index in [-0.39, 0.29) is 5.92 Å². The molecule has 0 amide bonds. The van der Waals surface area contributed by atoms with Gasteiger partial charge in [-0.15, -0.1) is 0 Å². The van der Waals surface area contributed by atoms with Crippen molar-refractivity contribution in [3.63, 3.8) is 0 Å². The number of aliphatic carboxylic acids is 1. The van der Waals surface area contributed by atoms with Gasteiger partial charge in [0.2, 0.25) is 0 Å². The lowest BCUT2D eigenvalue weighted by atomic mass is 10.1. The molecule has 0 aliphatic carbocycles. The van der Waals surface area contributed by atoms with Crippen molar-refractivity contribution in [1.82, 2.24) is 10.2 Å². The van der Waals surface area contributed by atoms with Crippen LogP contribution in [-0.2, 0) is 4.79 Å². The van der Waals surface area contributed by atoms with Gasteiger partial charge in [-0.25, -0.2) is 0 Å². The van der Waals surface area contributed by atoms with Gasteiger partial charge in [-0.1, -0.05) is 6.92 Å². The van der Waals surface area contributed by atoms with E-state index in [1.807, 2.05) is 0 Å². The van der Waals surface area contributed by atoms with Crippen LogP contribution in [0.15, 0.2) is 0 Å². The second-order valence-electron chi connectivity index (χ2n) is 3.99. The van der Waals surface area contributed by atoms with E-state index in [0.717, 1.165) is 19.5 Å². The van der Waals surface area contributed by atoms with E-state index in [4.69, 9.17) is 5.11 Å². The Morgan fingerprint density at radius 2 is 2.43 bits per heavy atom. The molecule has 2 unspecified atom stereocenters. The van der Waals surface area contributed by atoms with Crippen LogP contribution in [0.4, 0.5) is 0 Å². The van der Waals surface area contributed by atoms with Gasteiger partial charge in [-0.05, 0) is 13.3 Å². The quantitative estimate of drug-likeness (QED) is 0.692. The predicted octanol–water partition coefficient (Wildman–Crippen LogP) is 0.391. The van der Waals surface area contributed by atoms with Crippen LogP contribution >= 0.6 is 0 Å². The average Bonchev–Trinajstić information content (AvgIpc) is 2.41. The first-order valence-electron chi connectivity index (χ1n) is 5.32. The molecule has 1 fully saturated rings. The number of carboxylic acids is 1. The molecule has 0 aromatic carbocycles. The van der Waals surface area contributed by atoms with Crippen LogP contribution in [0.2, 0.25) is 0 Å². The summed E-state index contributed by atoms with van der Waals surface area (Å²) in [5.41, 5.74) is 0. The third-order valence-electron chi connectivity index (χ3n) is 2.98. The summed E-state index contributed by atoms with van der Waals surface area (Å²) in [7, 11) is 0. The minimum Gasteiger partial charge on any atom is -0.481 e. The Labute approximate surface area is 85.3 Å². The van der Waals surface area contributed by atoms with Crippen molar-refractivity contribution >= 4 is 5.97 Å². The highest BCUT2D eigenvalue weighted by molar-refractivity contribution is 5.70. The van der Waals surface area contributed by atoms with Gasteiger partial charge in [0.15, 0.2) is 0 Å². The fourth-order valence-corrected chi connectivity index (χ4v) is 1.76. The standard InChI is InChI=1S/C10H20N2O2/c1-3-8(2)12-5-4-11-6-9(7-12)10(13)14/h8-9,11H,3-7H2,1-2H3,(H,13,14). The molecule has 14 heavy (non-hydrogen) atoms. The zero-order chi connectivity index (χ0) is 10.6. The molecule has 0 aromatic heterocycles. The van der Waals surface area contributed by atoms with E-state index in [1.165, 1.54) is 0 Å². The van der Waals surface area contributed by atoms with E-state index >= 15 is 0 Å². The zero-order valence-electron chi connectivity index (χ0n) is 8.99. The molecule has 4 heteroatoms. The van der Waals surface area contributed by atoms with Crippen LogP contribution in [0.3, 0.4) is 0 Å². The van der Waals surface area contributed by atoms with Crippen molar-refractivity contribution in [2.75, 3.05) is 26.2 Å². The summed E-state index contributed by atoms with van der Waals surface area (Å²) in [6, 6.07) is 0.483. The molecule has 1 rings (SSSR count). The van der Waals surface area contributed by atoms with Crippen molar-refractivity contribution in [1.29, 1.82) is 0 Å². The molecule has 1 heterocycles. The smallest absolute Gasteiger partial charge is 0.309 e. The van der Waals surface area contributed by atoms with Crippen molar-refractivity contribution in [2.24, 2.45) is 5.92 Å². The number of carboxylic acid groups (broad SMARTS) is 1. The topological polar surface area (TPSA) is 52.6 Å². The molecule has 0 radical (unpaired) electrons. The summed E-state index contributed by atoms with van der Waals surface area (Å²) >= 11 is 0. The number of carbonyl (C=O) groups is 1. The molecule has 0 aromatic rings. The van der Waals surface area contributed by atoms with E-state index in [1.54, 1.807) is 0 Å². The Bertz CT molecular complexity index is 197. The maximum Gasteiger partial charge on any atom is 0.309 e. The maximum absolute atomic E-state index is 10.9. The average molecular weight is 200 g/mol. The molecule has 1 saturated heterocycles. The third kappa shape index (κ3) is 2.96. The molecule has 2 atom stereocenters. The third-order valence-corrected chi connectivity index (χ3v) is 2.98. The lowest BCUT2D eigenvalue weighted by Crippen LogP contribution is -2.39. The van der Waals surface area contributed by atoms with Gasteiger partial charge >= 0.3 is 5.97 Å². The second-order valence-corrected chi connectivity index (χ2v) is 3.99. The molecule has 4 nitrogen and oxygen atoms in total. The predicted molar refractivity (Wildman–Crippen MR) is 55.3 cm³/mol. The minimum absolute atomic E-state index is 0.258. The fourth-order valence-electron chi connectivity index (χ4n) is 1.76. The van der Waals surface area contributed by atoms with Crippen molar-refractivity contribution < 1.29 is 9.90 Å². The fraction of sp³-hybridized carbons (Fsp3) is 0.900. The number of nitrogens with one attached hydrogen (secondary N) is 1. The zero-order valence-corrected chi connectivity index (χ0v) is 8.99. The van der Waals surface area contributed by atoms with Crippen molar-refractivity contribution in [2.45, 2.75) is 26.3 Å². The van der Waals surface area contributed by atoms with Crippen molar-refractivity contribution in [3.05, 3.63) is 0 Å². The molecule has 1 aliphatic heterocycles. The van der Waals surface area contributed by atoms with Gasteiger partial charge in [0.25, 0.3) is 0 Å². The van der Waals surface area contributed by atoms with E-state index in [0.29, 0.717) is 19.1 Å². The number of rotatable bonds is 3. The van der Waals surface area contributed by atoms with Gasteiger partial charge < -0.3 is 10.4 Å². The Morgan fingerprint density at radius 1 is 1.71 bits per heavy atom. The number of hydrogen-bond donors (Lipinski definition) is 2. The summed E-state index contributed by atoms with van der Waals surface area (Å²) in [5.74, 6) is -0.945. The Hall–Kier alpha value is -0.610. The van der Waals surface area contributed by atoms with Gasteiger partial charge in [-0.2, -0.15) is 0 Å². The molecular weight excluding hydrogens is 180 g/mol.